The van der Waals surface area contributed by atoms with Crippen molar-refractivity contribution in [2.24, 2.45) is 0 Å². The van der Waals surface area contributed by atoms with Gasteiger partial charge < -0.3 is 9.47 Å². The molecule has 3 amide bonds. The molecule has 0 aromatic heterocycles. The molecule has 1 fully saturated rings. The summed E-state index contributed by atoms with van der Waals surface area (Å²) in [5.74, 6) is 5.48. The number of carbonyl (C=O) groups is 3. The number of imide groups is 1. The van der Waals surface area contributed by atoms with Gasteiger partial charge in [0, 0.05) is 41.9 Å². The van der Waals surface area contributed by atoms with Crippen LogP contribution < -0.4 is 10.1 Å². The fourth-order valence-electron chi connectivity index (χ4n) is 5.40. The number of rotatable bonds is 13. The van der Waals surface area contributed by atoms with Crippen molar-refractivity contribution in [3.8, 4) is 17.6 Å². The van der Waals surface area contributed by atoms with Crippen molar-refractivity contribution in [1.82, 2.24) is 4.90 Å². The molecule has 1 saturated heterocycles. The number of hydrogen-bond acceptors (Lipinski definition) is 12. The third kappa shape index (κ3) is 8.68. The first-order valence-electron chi connectivity index (χ1n) is 16.2. The average Bonchev–Trinajstić information content (AvgIpc) is 3.40. The van der Waals surface area contributed by atoms with E-state index in [4.69, 9.17) is 9.47 Å². The Morgan fingerprint density at radius 2 is 1.52 bits per heavy atom. The molecule has 1 N–H and O–H groups in total. The van der Waals surface area contributed by atoms with E-state index in [-0.39, 0.29) is 48.7 Å². The maximum absolute atomic E-state index is 14.2. The quantitative estimate of drug-likeness (QED) is 0.0622. The zero-order chi connectivity index (χ0) is 39.0. The van der Waals surface area contributed by atoms with Crippen LogP contribution in [0.5, 0.6) is 5.75 Å². The molecule has 15 nitrogen and oxygen atoms in total. The van der Waals surface area contributed by atoms with Gasteiger partial charge in [0.15, 0.2) is 0 Å². The molecule has 0 saturated carbocycles. The summed E-state index contributed by atoms with van der Waals surface area (Å²) >= 11 is 0.420. The van der Waals surface area contributed by atoms with Gasteiger partial charge in [0.2, 0.25) is 13.9 Å². The molecule has 4 aromatic rings. The van der Waals surface area contributed by atoms with Crippen molar-refractivity contribution < 1.29 is 42.1 Å². The topological polar surface area (TPSA) is 205 Å². The van der Waals surface area contributed by atoms with E-state index in [0.717, 1.165) is 10.5 Å². The molecule has 1 atom stereocenters. The highest BCUT2D eigenvalue weighted by Gasteiger charge is 2.61. The average molecular weight is 773 g/mol. The van der Waals surface area contributed by atoms with E-state index in [1.807, 2.05) is 6.92 Å². The standard InChI is InChI=1S/C37H32N4O11S2/c1-25-7-12-29(38-35(43)52-24-27-10-15-31(16-11-27)41(47)48)22-28(25)6-4-3-5-21-37(54(49,50)33-19-17-32(51-2)18-20-33)34(42)39(36(44)53-37)23-26-8-13-30(14-9-26)40(45)46/h7-20,22H,3,5,21,23-24H2,1-2H3,(H,38,43). The van der Waals surface area contributed by atoms with Crippen molar-refractivity contribution in [3.05, 3.63) is 133 Å². The number of ether oxygens (including phenoxy) is 2. The number of non-ortho nitro benzene ring substituents is 2. The molecule has 1 heterocycles. The van der Waals surface area contributed by atoms with Crippen LogP contribution in [0.3, 0.4) is 0 Å². The van der Waals surface area contributed by atoms with Gasteiger partial charge in [0.1, 0.15) is 12.4 Å². The SMILES string of the molecule is COc1ccc(S(=O)(=O)C2(CCCC#Cc3cc(NC(=O)OCc4ccc([N+](=O)[O-])cc4)ccc3C)SC(=O)N(Cc3ccc([N+](=O)[O-])cc3)C2=O)cc1. The lowest BCUT2D eigenvalue weighted by Gasteiger charge is -2.25. The van der Waals surface area contributed by atoms with Crippen LogP contribution in [0.2, 0.25) is 0 Å². The fourth-order valence-corrected chi connectivity index (χ4v) is 8.95. The number of hydrogen-bond donors (Lipinski definition) is 1. The number of nitrogens with one attached hydrogen (secondary N) is 1. The van der Waals surface area contributed by atoms with Crippen LogP contribution in [0, 0.1) is 39.0 Å². The second-order valence-corrected chi connectivity index (χ2v) is 15.6. The van der Waals surface area contributed by atoms with E-state index in [2.05, 4.69) is 17.2 Å². The Labute approximate surface area is 313 Å². The minimum Gasteiger partial charge on any atom is -0.497 e. The van der Waals surface area contributed by atoms with Crippen molar-refractivity contribution in [2.45, 2.75) is 48.3 Å². The van der Waals surface area contributed by atoms with E-state index >= 15 is 0 Å². The molecule has 1 unspecified atom stereocenters. The van der Waals surface area contributed by atoms with Gasteiger partial charge in [-0.3, -0.25) is 40.0 Å². The number of thioether (sulfide) groups is 1. The maximum Gasteiger partial charge on any atom is 0.411 e. The summed E-state index contributed by atoms with van der Waals surface area (Å²) in [7, 11) is -3.04. The van der Waals surface area contributed by atoms with E-state index in [1.54, 1.807) is 18.2 Å². The first-order chi connectivity index (χ1) is 25.7. The molecular formula is C37H32N4O11S2. The predicted molar refractivity (Wildman–Crippen MR) is 198 cm³/mol. The lowest BCUT2D eigenvalue weighted by molar-refractivity contribution is -0.385. The van der Waals surface area contributed by atoms with Gasteiger partial charge in [-0.05, 0) is 96.7 Å². The highest BCUT2D eigenvalue weighted by Crippen LogP contribution is 2.48. The number of aryl methyl sites for hydroxylation is 1. The van der Waals surface area contributed by atoms with E-state index in [1.165, 1.54) is 79.9 Å². The second-order valence-electron chi connectivity index (χ2n) is 11.9. The number of unbranched alkanes of at least 4 members (excludes halogenated alkanes) is 1. The molecule has 4 aromatic carbocycles. The molecule has 54 heavy (non-hydrogen) atoms. The Balaban J connectivity index is 1.29. The van der Waals surface area contributed by atoms with Crippen molar-refractivity contribution in [1.29, 1.82) is 0 Å². The van der Waals surface area contributed by atoms with Crippen LogP contribution in [0.15, 0.2) is 95.9 Å². The zero-order valence-electron chi connectivity index (χ0n) is 28.8. The molecular weight excluding hydrogens is 741 g/mol. The molecule has 0 aliphatic carbocycles. The number of nitrogens with zero attached hydrogens (tertiary/aromatic N) is 3. The van der Waals surface area contributed by atoms with E-state index < -0.39 is 41.0 Å². The minimum absolute atomic E-state index is 0.0842. The van der Waals surface area contributed by atoms with Crippen LogP contribution in [0.1, 0.15) is 41.5 Å². The Hall–Kier alpha value is -6.25. The number of nitro groups is 2. The number of sulfone groups is 1. The smallest absolute Gasteiger partial charge is 0.411 e. The zero-order valence-corrected chi connectivity index (χ0v) is 30.5. The number of anilines is 1. The number of methoxy groups -OCH3 is 1. The summed E-state index contributed by atoms with van der Waals surface area (Å²) in [6.45, 7) is 1.42. The summed E-state index contributed by atoms with van der Waals surface area (Å²) in [5, 5.41) is 23.8. The lowest BCUT2D eigenvalue weighted by Crippen LogP contribution is -2.45. The highest BCUT2D eigenvalue weighted by atomic mass is 32.3. The highest BCUT2D eigenvalue weighted by molar-refractivity contribution is 8.25. The molecule has 0 radical (unpaired) electrons. The van der Waals surface area contributed by atoms with Crippen molar-refractivity contribution in [2.75, 3.05) is 12.4 Å². The van der Waals surface area contributed by atoms with Crippen LogP contribution in [-0.2, 0) is 32.5 Å². The minimum atomic E-state index is -4.46. The predicted octanol–water partition coefficient (Wildman–Crippen LogP) is 7.16. The Kier molecular flexibility index (Phi) is 12.0. The summed E-state index contributed by atoms with van der Waals surface area (Å²) in [5.41, 5.74) is 2.45. The molecule has 5 rings (SSSR count). The monoisotopic (exact) mass is 772 g/mol. The largest absolute Gasteiger partial charge is 0.497 e. The van der Waals surface area contributed by atoms with E-state index in [0.29, 0.717) is 39.9 Å². The third-order valence-corrected chi connectivity index (χ3v) is 12.5. The first kappa shape index (κ1) is 39.0. The molecule has 0 bridgehead atoms. The molecule has 0 spiro atoms. The number of amides is 3. The van der Waals surface area contributed by atoms with Gasteiger partial charge in [0.05, 0.1) is 28.4 Å². The normalized spacial score (nSPS) is 15.3. The number of nitro benzene ring substituents is 2. The van der Waals surface area contributed by atoms with Gasteiger partial charge in [-0.1, -0.05) is 30.0 Å². The summed E-state index contributed by atoms with van der Waals surface area (Å²) in [6.07, 6.45) is -0.733. The molecule has 1 aliphatic rings. The van der Waals surface area contributed by atoms with Crippen LogP contribution in [0.4, 0.5) is 26.7 Å². The first-order valence-corrected chi connectivity index (χ1v) is 18.5. The second kappa shape index (κ2) is 16.6. The van der Waals surface area contributed by atoms with Gasteiger partial charge in [-0.15, -0.1) is 0 Å². The summed E-state index contributed by atoms with van der Waals surface area (Å²) in [6, 6.07) is 21.4. The van der Waals surface area contributed by atoms with Gasteiger partial charge in [-0.2, -0.15) is 0 Å². The third-order valence-electron chi connectivity index (χ3n) is 8.37. The van der Waals surface area contributed by atoms with E-state index in [9.17, 15) is 43.0 Å². The summed E-state index contributed by atoms with van der Waals surface area (Å²) in [4.78, 5) is 61.3. The number of benzene rings is 4. The van der Waals surface area contributed by atoms with Crippen LogP contribution >= 0.6 is 11.8 Å². The van der Waals surface area contributed by atoms with Gasteiger partial charge >= 0.3 is 6.09 Å². The van der Waals surface area contributed by atoms with Crippen LogP contribution in [-0.4, -0.2) is 51.6 Å². The van der Waals surface area contributed by atoms with Crippen LogP contribution in [0.25, 0.3) is 0 Å². The van der Waals surface area contributed by atoms with Gasteiger partial charge in [0.25, 0.3) is 22.5 Å². The molecule has 1 aliphatic heterocycles. The summed E-state index contributed by atoms with van der Waals surface area (Å²) < 4.78 is 36.6. The molecule has 17 heteroatoms. The Bertz CT molecular complexity index is 2270. The Morgan fingerprint density at radius 3 is 2.11 bits per heavy atom. The Morgan fingerprint density at radius 1 is 0.907 bits per heavy atom. The van der Waals surface area contributed by atoms with Gasteiger partial charge in [-0.25, -0.2) is 13.2 Å². The van der Waals surface area contributed by atoms with Crippen molar-refractivity contribution >= 4 is 55.9 Å². The molecule has 278 valence electrons. The van der Waals surface area contributed by atoms with Crippen molar-refractivity contribution in [3.63, 3.8) is 0 Å². The fraction of sp³-hybridized carbons (Fsp3) is 0.216. The number of carbonyl (C=O) groups excluding carboxylic acids is 3. The maximum atomic E-state index is 14.2. The lowest BCUT2D eigenvalue weighted by atomic mass is 10.1.